The lowest BCUT2D eigenvalue weighted by Gasteiger charge is -2.27. The van der Waals surface area contributed by atoms with Gasteiger partial charge in [-0.15, -0.1) is 0 Å². The van der Waals surface area contributed by atoms with Crippen molar-refractivity contribution in [2.45, 2.75) is 33.9 Å². The molecule has 2 aromatic heterocycles. The summed E-state index contributed by atoms with van der Waals surface area (Å²) in [5.74, 6) is 0.825. The van der Waals surface area contributed by atoms with Gasteiger partial charge in [0.1, 0.15) is 5.76 Å². The zero-order valence-electron chi connectivity index (χ0n) is 18.0. The molecule has 0 aliphatic heterocycles. The van der Waals surface area contributed by atoms with E-state index >= 15 is 0 Å². The van der Waals surface area contributed by atoms with Crippen LogP contribution in [0.3, 0.4) is 0 Å². The quantitative estimate of drug-likeness (QED) is 0.457. The first-order chi connectivity index (χ1) is 14.5. The number of furan rings is 1. The van der Waals surface area contributed by atoms with E-state index in [9.17, 15) is 4.79 Å². The first-order valence-electron chi connectivity index (χ1n) is 10.5. The third-order valence-corrected chi connectivity index (χ3v) is 5.86. The average Bonchev–Trinajstić information content (AvgIpc) is 3.26. The monoisotopic (exact) mass is 427 g/mol. The first-order valence-corrected chi connectivity index (χ1v) is 10.9. The molecule has 2 heterocycles. The Balaban J connectivity index is 1.79. The van der Waals surface area contributed by atoms with Gasteiger partial charge in [-0.05, 0) is 68.2 Å². The molecule has 0 fully saturated rings. The highest BCUT2D eigenvalue weighted by molar-refractivity contribution is 7.80. The normalized spacial score (nSPS) is 11.2. The molecule has 0 atom stereocenters. The van der Waals surface area contributed by atoms with Gasteiger partial charge in [0.15, 0.2) is 5.11 Å². The number of aromatic nitrogens is 1. The number of H-pyrrole nitrogens is 1. The molecule has 0 saturated heterocycles. The summed E-state index contributed by atoms with van der Waals surface area (Å²) in [6.45, 7) is 11.2. The summed E-state index contributed by atoms with van der Waals surface area (Å²) in [7, 11) is 0. The molecule has 3 aromatic rings. The maximum atomic E-state index is 12.7. The molecule has 0 aliphatic carbocycles. The van der Waals surface area contributed by atoms with Gasteiger partial charge in [0.25, 0.3) is 5.56 Å². The van der Waals surface area contributed by atoms with Gasteiger partial charge in [0, 0.05) is 11.1 Å². The number of nitrogens with one attached hydrogen (secondary N) is 3. The summed E-state index contributed by atoms with van der Waals surface area (Å²) in [6.07, 6.45) is 1.65. The third kappa shape index (κ3) is 5.70. The molecular formula is C23H31N4O2S+. The van der Waals surface area contributed by atoms with E-state index in [1.54, 1.807) is 6.26 Å². The largest absolute Gasteiger partial charge is 0.467 e. The topological polar surface area (TPSA) is 65.7 Å². The molecule has 0 radical (unpaired) electrons. The van der Waals surface area contributed by atoms with Gasteiger partial charge in [-0.3, -0.25) is 4.79 Å². The summed E-state index contributed by atoms with van der Waals surface area (Å²) in [5, 5.41) is 4.92. The Kier molecular flexibility index (Phi) is 7.65. The van der Waals surface area contributed by atoms with Crippen LogP contribution in [0.4, 0.5) is 0 Å². The maximum absolute atomic E-state index is 12.7. The summed E-state index contributed by atoms with van der Waals surface area (Å²) >= 11 is 5.68. The summed E-state index contributed by atoms with van der Waals surface area (Å²) < 4.78 is 5.39. The fraction of sp³-hybridized carbons (Fsp3) is 0.391. The number of hydrogen-bond acceptors (Lipinski definition) is 3. The highest BCUT2D eigenvalue weighted by atomic mass is 32.1. The van der Waals surface area contributed by atoms with Gasteiger partial charge in [0.2, 0.25) is 0 Å². The van der Waals surface area contributed by atoms with Gasteiger partial charge in [-0.25, -0.2) is 0 Å². The van der Waals surface area contributed by atoms with Crippen molar-refractivity contribution in [3.63, 3.8) is 0 Å². The SMILES string of the molecule is CC[NH+](CC)CCN(Cc1cc2ccc(C)cc2[nH]c1=O)C(=S)NCc1ccco1. The molecule has 1 aromatic carbocycles. The number of fused-ring (bicyclic) bond motifs is 1. The van der Waals surface area contributed by atoms with Crippen molar-refractivity contribution in [1.82, 2.24) is 15.2 Å². The van der Waals surface area contributed by atoms with E-state index in [1.807, 2.05) is 37.3 Å². The van der Waals surface area contributed by atoms with Crippen LogP contribution in [0.15, 0.2) is 51.9 Å². The van der Waals surface area contributed by atoms with Crippen molar-refractivity contribution in [2.24, 2.45) is 0 Å². The molecule has 0 unspecified atom stereocenters. The van der Waals surface area contributed by atoms with Crippen molar-refractivity contribution >= 4 is 28.2 Å². The highest BCUT2D eigenvalue weighted by Crippen LogP contribution is 2.14. The van der Waals surface area contributed by atoms with Crippen LogP contribution in [-0.4, -0.2) is 41.2 Å². The van der Waals surface area contributed by atoms with Crippen LogP contribution in [0.2, 0.25) is 0 Å². The van der Waals surface area contributed by atoms with Crippen molar-refractivity contribution < 1.29 is 9.32 Å². The molecule has 3 N–H and O–H groups in total. The molecule has 0 bridgehead atoms. The Hall–Kier alpha value is -2.64. The van der Waals surface area contributed by atoms with Crippen LogP contribution < -0.4 is 15.8 Å². The van der Waals surface area contributed by atoms with Crippen LogP contribution in [-0.2, 0) is 13.1 Å². The predicted molar refractivity (Wildman–Crippen MR) is 125 cm³/mol. The number of thiocarbonyl (C=S) groups is 1. The molecule has 0 saturated carbocycles. The van der Waals surface area contributed by atoms with Crippen LogP contribution >= 0.6 is 12.2 Å². The van der Waals surface area contributed by atoms with Gasteiger partial charge < -0.3 is 24.5 Å². The van der Waals surface area contributed by atoms with Crippen LogP contribution in [0.5, 0.6) is 0 Å². The summed E-state index contributed by atoms with van der Waals surface area (Å²) in [6, 6.07) is 11.8. The molecule has 0 spiro atoms. The molecule has 7 heteroatoms. The second-order valence-electron chi connectivity index (χ2n) is 7.58. The standard InChI is InChI=1S/C23H30N4O2S/c1-4-26(5-2)10-11-27(23(30)24-15-20-7-6-12-29-20)16-19-14-18-9-8-17(3)13-21(18)25-22(19)28/h6-9,12-14H,4-5,10-11,15-16H2,1-3H3,(H,24,30)(H,25,28)/p+1. The number of aryl methyl sites for hydroxylation is 1. The van der Waals surface area contributed by atoms with Crippen LogP contribution in [0.1, 0.15) is 30.7 Å². The van der Waals surface area contributed by atoms with E-state index in [4.69, 9.17) is 16.6 Å². The highest BCUT2D eigenvalue weighted by Gasteiger charge is 2.16. The van der Waals surface area contributed by atoms with E-state index < -0.39 is 0 Å². The third-order valence-electron chi connectivity index (χ3n) is 5.46. The summed E-state index contributed by atoms with van der Waals surface area (Å²) in [4.78, 5) is 19.3. The maximum Gasteiger partial charge on any atom is 0.253 e. The van der Waals surface area contributed by atoms with Gasteiger partial charge in [-0.2, -0.15) is 0 Å². The van der Waals surface area contributed by atoms with E-state index in [0.717, 1.165) is 48.4 Å². The zero-order valence-corrected chi connectivity index (χ0v) is 18.8. The van der Waals surface area contributed by atoms with Gasteiger partial charge in [0.05, 0.1) is 45.5 Å². The van der Waals surface area contributed by atoms with Gasteiger partial charge in [-0.1, -0.05) is 12.1 Å². The zero-order chi connectivity index (χ0) is 21.5. The van der Waals surface area contributed by atoms with Crippen molar-refractivity contribution in [3.8, 4) is 0 Å². The number of rotatable bonds is 9. The van der Waals surface area contributed by atoms with E-state index in [-0.39, 0.29) is 5.56 Å². The number of aromatic amines is 1. The fourth-order valence-corrected chi connectivity index (χ4v) is 3.75. The number of likely N-dealkylation sites (N-methyl/N-ethyl adjacent to an activating group) is 1. The molecule has 160 valence electrons. The van der Waals surface area contributed by atoms with Crippen molar-refractivity contribution in [1.29, 1.82) is 0 Å². The van der Waals surface area contributed by atoms with E-state index in [2.05, 4.69) is 35.1 Å². The number of benzene rings is 1. The minimum Gasteiger partial charge on any atom is -0.467 e. The van der Waals surface area contributed by atoms with E-state index in [1.165, 1.54) is 4.90 Å². The molecule has 0 amide bonds. The second-order valence-corrected chi connectivity index (χ2v) is 7.97. The Bertz CT molecular complexity index is 1030. The van der Waals surface area contributed by atoms with Crippen LogP contribution in [0, 0.1) is 6.92 Å². The lowest BCUT2D eigenvalue weighted by atomic mass is 10.1. The average molecular weight is 428 g/mol. The Morgan fingerprint density at radius 2 is 2.03 bits per heavy atom. The van der Waals surface area contributed by atoms with E-state index in [0.29, 0.717) is 23.8 Å². The van der Waals surface area contributed by atoms with Gasteiger partial charge >= 0.3 is 0 Å². The molecule has 30 heavy (non-hydrogen) atoms. The number of quaternary nitrogens is 1. The minimum atomic E-state index is -0.0675. The Morgan fingerprint density at radius 1 is 1.23 bits per heavy atom. The predicted octanol–water partition coefficient (Wildman–Crippen LogP) is 2.23. The number of nitrogens with zero attached hydrogens (tertiary/aromatic N) is 1. The lowest BCUT2D eigenvalue weighted by Crippen LogP contribution is -3.12. The minimum absolute atomic E-state index is 0.0675. The fourth-order valence-electron chi connectivity index (χ4n) is 3.52. The molecule has 0 aliphatic rings. The molecule has 3 rings (SSSR count). The number of pyridine rings is 1. The van der Waals surface area contributed by atoms with Crippen molar-refractivity contribution in [2.75, 3.05) is 26.2 Å². The van der Waals surface area contributed by atoms with Crippen molar-refractivity contribution in [3.05, 3.63) is 69.9 Å². The Morgan fingerprint density at radius 3 is 2.73 bits per heavy atom. The van der Waals surface area contributed by atoms with Crippen LogP contribution in [0.25, 0.3) is 10.9 Å². The first kappa shape index (κ1) is 22.1. The second kappa shape index (κ2) is 10.4. The molecular weight excluding hydrogens is 396 g/mol. The Labute approximate surface area is 182 Å². The summed E-state index contributed by atoms with van der Waals surface area (Å²) in [5.41, 5.74) is 2.63. The lowest BCUT2D eigenvalue weighted by molar-refractivity contribution is -0.895. The number of hydrogen-bond donors (Lipinski definition) is 3. The smallest absolute Gasteiger partial charge is 0.253 e. The molecule has 6 nitrogen and oxygen atoms in total.